The van der Waals surface area contributed by atoms with Crippen molar-refractivity contribution in [3.8, 4) is 0 Å². The molecule has 0 aliphatic carbocycles. The molecular formula is C15H22F3N. The van der Waals surface area contributed by atoms with E-state index in [1.165, 1.54) is 12.1 Å². The van der Waals surface area contributed by atoms with E-state index in [0.717, 1.165) is 24.6 Å². The molecule has 19 heavy (non-hydrogen) atoms. The van der Waals surface area contributed by atoms with Gasteiger partial charge in [0.2, 0.25) is 0 Å². The van der Waals surface area contributed by atoms with Crippen LogP contribution in [-0.4, -0.2) is 12.6 Å². The summed E-state index contributed by atoms with van der Waals surface area (Å²) in [6.07, 6.45) is -3.48. The fraction of sp³-hybridized carbons (Fsp3) is 0.600. The molecule has 1 aromatic rings. The zero-order chi connectivity index (χ0) is 14.7. The van der Waals surface area contributed by atoms with Crippen LogP contribution in [0.1, 0.15) is 45.2 Å². The first-order chi connectivity index (χ1) is 8.66. The van der Waals surface area contributed by atoms with Crippen LogP contribution in [0.2, 0.25) is 0 Å². The zero-order valence-corrected chi connectivity index (χ0v) is 11.9. The molecule has 0 saturated heterocycles. The number of hydrogen-bond acceptors (Lipinski definition) is 1. The number of rotatable bonds is 5. The van der Waals surface area contributed by atoms with E-state index in [0.29, 0.717) is 0 Å². The zero-order valence-electron chi connectivity index (χ0n) is 11.9. The van der Waals surface area contributed by atoms with Crippen LogP contribution in [0.15, 0.2) is 24.3 Å². The van der Waals surface area contributed by atoms with E-state index >= 15 is 0 Å². The Balaban J connectivity index is 2.95. The Morgan fingerprint density at radius 1 is 1.16 bits per heavy atom. The average Bonchev–Trinajstić information content (AvgIpc) is 2.27. The Bertz CT molecular complexity index is 410. The van der Waals surface area contributed by atoms with Gasteiger partial charge in [-0.05, 0) is 36.9 Å². The monoisotopic (exact) mass is 273 g/mol. The predicted octanol–water partition coefficient (Wildman–Crippen LogP) is 4.37. The highest BCUT2D eigenvalue weighted by Crippen LogP contribution is 2.34. The van der Waals surface area contributed by atoms with Gasteiger partial charge in [-0.1, -0.05) is 39.0 Å². The lowest BCUT2D eigenvalue weighted by Gasteiger charge is -2.29. The van der Waals surface area contributed by atoms with Gasteiger partial charge in [0.15, 0.2) is 0 Å². The Labute approximate surface area is 113 Å². The van der Waals surface area contributed by atoms with E-state index in [4.69, 9.17) is 0 Å². The minimum atomic E-state index is -4.28. The molecule has 1 atom stereocenters. The van der Waals surface area contributed by atoms with Crippen molar-refractivity contribution in [2.75, 3.05) is 6.54 Å². The third kappa shape index (κ3) is 4.53. The quantitative estimate of drug-likeness (QED) is 0.840. The van der Waals surface area contributed by atoms with Gasteiger partial charge >= 0.3 is 6.18 Å². The van der Waals surface area contributed by atoms with E-state index in [2.05, 4.69) is 12.2 Å². The molecule has 0 bridgehead atoms. The first kappa shape index (κ1) is 16.0. The molecule has 0 aromatic heterocycles. The average molecular weight is 273 g/mol. The fourth-order valence-corrected chi connectivity index (χ4v) is 2.42. The van der Waals surface area contributed by atoms with Gasteiger partial charge in [-0.25, -0.2) is 0 Å². The molecule has 0 fully saturated rings. The van der Waals surface area contributed by atoms with Crippen molar-refractivity contribution < 1.29 is 13.2 Å². The first-order valence-corrected chi connectivity index (χ1v) is 6.58. The summed E-state index contributed by atoms with van der Waals surface area (Å²) in [5, 5.41) is 3.29. The fourth-order valence-electron chi connectivity index (χ4n) is 2.42. The molecule has 0 saturated carbocycles. The van der Waals surface area contributed by atoms with E-state index in [1.54, 1.807) is 6.07 Å². The third-order valence-electron chi connectivity index (χ3n) is 3.34. The van der Waals surface area contributed by atoms with E-state index in [9.17, 15) is 13.2 Å². The van der Waals surface area contributed by atoms with Crippen LogP contribution in [0.4, 0.5) is 13.2 Å². The molecule has 0 amide bonds. The van der Waals surface area contributed by atoms with Crippen LogP contribution < -0.4 is 5.32 Å². The number of alkyl halides is 3. The van der Waals surface area contributed by atoms with Gasteiger partial charge in [0, 0.05) is 6.04 Å². The normalized spacial score (nSPS) is 14.5. The van der Waals surface area contributed by atoms with Crippen molar-refractivity contribution in [1.82, 2.24) is 5.32 Å². The van der Waals surface area contributed by atoms with Crippen LogP contribution in [0.5, 0.6) is 0 Å². The Morgan fingerprint density at radius 3 is 2.26 bits per heavy atom. The highest BCUT2D eigenvalue weighted by atomic mass is 19.4. The van der Waals surface area contributed by atoms with Gasteiger partial charge in [0.05, 0.1) is 5.56 Å². The Morgan fingerprint density at radius 2 is 1.74 bits per heavy atom. The summed E-state index contributed by atoms with van der Waals surface area (Å²) >= 11 is 0. The highest BCUT2D eigenvalue weighted by Gasteiger charge is 2.32. The molecule has 1 rings (SSSR count). The third-order valence-corrected chi connectivity index (χ3v) is 3.34. The molecule has 0 spiro atoms. The molecule has 0 radical (unpaired) electrons. The van der Waals surface area contributed by atoms with Gasteiger partial charge in [-0.15, -0.1) is 0 Å². The molecular weight excluding hydrogens is 251 g/mol. The standard InChI is InChI=1S/C15H22F3N/c1-5-19-11(2)10-14(3,4)12-7-6-8-13(9-12)15(16,17)18/h6-9,11,19H,5,10H2,1-4H3. The summed E-state index contributed by atoms with van der Waals surface area (Å²) in [7, 11) is 0. The first-order valence-electron chi connectivity index (χ1n) is 6.58. The van der Waals surface area contributed by atoms with Gasteiger partial charge < -0.3 is 5.32 Å². The minimum Gasteiger partial charge on any atom is -0.315 e. The summed E-state index contributed by atoms with van der Waals surface area (Å²) in [5.74, 6) is 0. The summed E-state index contributed by atoms with van der Waals surface area (Å²) in [6, 6.07) is 5.91. The van der Waals surface area contributed by atoms with Gasteiger partial charge in [-0.2, -0.15) is 13.2 Å². The second-order valence-electron chi connectivity index (χ2n) is 5.63. The number of halogens is 3. The molecule has 0 aliphatic rings. The maximum absolute atomic E-state index is 12.7. The minimum absolute atomic E-state index is 0.273. The lowest BCUT2D eigenvalue weighted by atomic mass is 9.79. The smallest absolute Gasteiger partial charge is 0.315 e. The highest BCUT2D eigenvalue weighted by molar-refractivity contribution is 5.30. The molecule has 4 heteroatoms. The number of hydrogen-bond donors (Lipinski definition) is 1. The van der Waals surface area contributed by atoms with Crippen LogP contribution in [-0.2, 0) is 11.6 Å². The summed E-state index contributed by atoms with van der Waals surface area (Å²) < 4.78 is 38.2. The van der Waals surface area contributed by atoms with Gasteiger partial charge in [-0.3, -0.25) is 0 Å². The van der Waals surface area contributed by atoms with Crippen LogP contribution >= 0.6 is 0 Å². The van der Waals surface area contributed by atoms with Crippen molar-refractivity contribution in [3.05, 3.63) is 35.4 Å². The maximum Gasteiger partial charge on any atom is 0.416 e. The van der Waals surface area contributed by atoms with Crippen LogP contribution in [0.3, 0.4) is 0 Å². The van der Waals surface area contributed by atoms with Crippen molar-refractivity contribution in [3.63, 3.8) is 0 Å². The molecule has 1 N–H and O–H groups in total. The summed E-state index contributed by atoms with van der Waals surface area (Å²) in [6.45, 7) is 8.90. The second-order valence-corrected chi connectivity index (χ2v) is 5.63. The van der Waals surface area contributed by atoms with E-state index in [1.807, 2.05) is 20.8 Å². The molecule has 0 aliphatic heterocycles. The number of nitrogens with one attached hydrogen (secondary N) is 1. The predicted molar refractivity (Wildman–Crippen MR) is 72.2 cm³/mol. The van der Waals surface area contributed by atoms with Gasteiger partial charge in [0.1, 0.15) is 0 Å². The van der Waals surface area contributed by atoms with Crippen molar-refractivity contribution >= 4 is 0 Å². The molecule has 1 unspecified atom stereocenters. The summed E-state index contributed by atoms with van der Waals surface area (Å²) in [5.41, 5.74) is -0.135. The topological polar surface area (TPSA) is 12.0 Å². The van der Waals surface area contributed by atoms with Crippen molar-refractivity contribution in [2.45, 2.75) is 51.7 Å². The SMILES string of the molecule is CCNC(C)CC(C)(C)c1cccc(C(F)(F)F)c1. The van der Waals surface area contributed by atoms with Crippen molar-refractivity contribution in [2.24, 2.45) is 0 Å². The maximum atomic E-state index is 12.7. The van der Waals surface area contributed by atoms with E-state index < -0.39 is 11.7 Å². The van der Waals surface area contributed by atoms with Crippen LogP contribution in [0.25, 0.3) is 0 Å². The van der Waals surface area contributed by atoms with Crippen LogP contribution in [0, 0.1) is 0 Å². The molecule has 1 nitrogen and oxygen atoms in total. The Kier molecular flexibility index (Phi) is 5.02. The van der Waals surface area contributed by atoms with Gasteiger partial charge in [0.25, 0.3) is 0 Å². The second kappa shape index (κ2) is 5.95. The number of benzene rings is 1. The van der Waals surface area contributed by atoms with Crippen molar-refractivity contribution in [1.29, 1.82) is 0 Å². The lowest BCUT2D eigenvalue weighted by Crippen LogP contribution is -2.33. The molecule has 108 valence electrons. The Hall–Kier alpha value is -1.03. The lowest BCUT2D eigenvalue weighted by molar-refractivity contribution is -0.137. The summed E-state index contributed by atoms with van der Waals surface area (Å²) in [4.78, 5) is 0. The van der Waals surface area contributed by atoms with E-state index in [-0.39, 0.29) is 11.5 Å². The molecule has 0 heterocycles. The largest absolute Gasteiger partial charge is 0.416 e. The molecule has 1 aromatic carbocycles.